The van der Waals surface area contributed by atoms with Crippen LogP contribution < -0.4 is 11.1 Å². The molecule has 1 amide bonds. The molecule has 20 heavy (non-hydrogen) atoms. The summed E-state index contributed by atoms with van der Waals surface area (Å²) < 4.78 is 0. The van der Waals surface area contributed by atoms with Gasteiger partial charge in [0.25, 0.3) is 5.91 Å². The Morgan fingerprint density at radius 1 is 1.50 bits per heavy atom. The second kappa shape index (κ2) is 5.11. The van der Waals surface area contributed by atoms with Gasteiger partial charge in [0, 0.05) is 5.69 Å². The fraction of sp³-hybridized carbons (Fsp3) is 0.500. The molecule has 6 heteroatoms. The van der Waals surface area contributed by atoms with Crippen molar-refractivity contribution in [1.82, 2.24) is 4.98 Å². The lowest BCUT2D eigenvalue weighted by molar-refractivity contribution is -0.141. The van der Waals surface area contributed by atoms with Gasteiger partial charge in [-0.1, -0.05) is 6.92 Å². The number of aryl methyl sites for hydroxylation is 2. The van der Waals surface area contributed by atoms with Crippen LogP contribution in [0.3, 0.4) is 0 Å². The number of aromatic nitrogens is 1. The van der Waals surface area contributed by atoms with Crippen LogP contribution in [-0.2, 0) is 17.6 Å². The maximum absolute atomic E-state index is 11.6. The van der Waals surface area contributed by atoms with Crippen molar-refractivity contribution in [1.29, 1.82) is 0 Å². The van der Waals surface area contributed by atoms with Crippen LogP contribution in [0.5, 0.6) is 0 Å². The van der Waals surface area contributed by atoms with Crippen LogP contribution in [0, 0.1) is 0 Å². The summed E-state index contributed by atoms with van der Waals surface area (Å²) in [4.78, 5) is 27.3. The van der Waals surface area contributed by atoms with E-state index in [9.17, 15) is 14.7 Å². The van der Waals surface area contributed by atoms with Crippen molar-refractivity contribution in [2.75, 3.05) is 5.32 Å². The number of primary amides is 1. The zero-order valence-corrected chi connectivity index (χ0v) is 11.7. The van der Waals surface area contributed by atoms with E-state index in [0.29, 0.717) is 6.42 Å². The Morgan fingerprint density at radius 3 is 2.75 bits per heavy atom. The lowest BCUT2D eigenvalue weighted by Gasteiger charge is -2.26. The molecule has 1 atom stereocenters. The summed E-state index contributed by atoms with van der Waals surface area (Å²) in [5.41, 5.74) is 6.40. The smallest absolute Gasteiger partial charge is 0.329 e. The molecule has 1 aliphatic rings. The number of pyridine rings is 1. The minimum absolute atomic E-state index is 0.256. The predicted molar refractivity (Wildman–Crippen MR) is 74.7 cm³/mol. The number of amides is 1. The summed E-state index contributed by atoms with van der Waals surface area (Å²) in [7, 11) is 0. The third kappa shape index (κ3) is 2.45. The molecule has 1 aliphatic carbocycles. The lowest BCUT2D eigenvalue weighted by Crippen LogP contribution is -2.43. The van der Waals surface area contributed by atoms with E-state index in [1.807, 2.05) is 0 Å². The highest BCUT2D eigenvalue weighted by Crippen LogP contribution is 2.27. The molecule has 1 aromatic heterocycles. The van der Waals surface area contributed by atoms with Crippen LogP contribution >= 0.6 is 0 Å². The van der Waals surface area contributed by atoms with Crippen LogP contribution in [0.1, 0.15) is 48.3 Å². The average molecular weight is 277 g/mol. The molecule has 0 aliphatic heterocycles. The molecule has 1 aromatic rings. The number of hydrogen-bond donors (Lipinski definition) is 3. The highest BCUT2D eigenvalue weighted by Gasteiger charge is 2.33. The van der Waals surface area contributed by atoms with Crippen LogP contribution in [-0.4, -0.2) is 27.5 Å². The van der Waals surface area contributed by atoms with Crippen LogP contribution in [0.2, 0.25) is 0 Å². The van der Waals surface area contributed by atoms with Crippen molar-refractivity contribution in [3.63, 3.8) is 0 Å². The lowest BCUT2D eigenvalue weighted by atomic mass is 9.98. The summed E-state index contributed by atoms with van der Waals surface area (Å²) in [5.74, 6) is -1.32. The van der Waals surface area contributed by atoms with Crippen molar-refractivity contribution >= 4 is 17.7 Å². The third-order valence-electron chi connectivity index (χ3n) is 3.89. The minimum atomic E-state index is -1.18. The number of aliphatic carboxylic acids is 1. The van der Waals surface area contributed by atoms with Gasteiger partial charge in [0.15, 0.2) is 0 Å². The van der Waals surface area contributed by atoms with Crippen LogP contribution in [0.4, 0.5) is 5.82 Å². The maximum Gasteiger partial charge on any atom is 0.329 e. The van der Waals surface area contributed by atoms with Crippen molar-refractivity contribution < 1.29 is 14.7 Å². The fourth-order valence-corrected chi connectivity index (χ4v) is 2.31. The van der Waals surface area contributed by atoms with E-state index in [1.165, 1.54) is 0 Å². The number of rotatable bonds is 5. The Hall–Kier alpha value is -2.11. The minimum Gasteiger partial charge on any atom is -0.480 e. The standard InChI is InChI=1S/C14H19N3O3/c1-3-14(2,13(19)20)17-12-9(11(15)18)7-8-5-4-6-10(8)16-12/h7H,3-6H2,1-2H3,(H2,15,18)(H,16,17)(H,19,20). The van der Waals surface area contributed by atoms with E-state index in [4.69, 9.17) is 5.73 Å². The summed E-state index contributed by atoms with van der Waals surface area (Å²) in [6.07, 6.45) is 3.08. The molecule has 0 bridgehead atoms. The second-order valence-electron chi connectivity index (χ2n) is 5.32. The SMILES string of the molecule is CCC(C)(Nc1nc2c(cc1C(N)=O)CCC2)C(=O)O. The van der Waals surface area contributed by atoms with Crippen molar-refractivity contribution in [3.8, 4) is 0 Å². The van der Waals surface area contributed by atoms with Gasteiger partial charge in [0.2, 0.25) is 0 Å². The fourth-order valence-electron chi connectivity index (χ4n) is 2.31. The number of nitrogens with one attached hydrogen (secondary N) is 1. The van der Waals surface area contributed by atoms with Crippen molar-refractivity contribution in [3.05, 3.63) is 22.9 Å². The number of carboxylic acid groups (broad SMARTS) is 1. The number of anilines is 1. The molecule has 4 N–H and O–H groups in total. The van der Waals surface area contributed by atoms with E-state index >= 15 is 0 Å². The molecular weight excluding hydrogens is 258 g/mol. The van der Waals surface area contributed by atoms with Gasteiger partial charge in [-0.3, -0.25) is 4.79 Å². The van der Waals surface area contributed by atoms with Gasteiger partial charge in [-0.2, -0.15) is 0 Å². The first-order valence-corrected chi connectivity index (χ1v) is 6.71. The van der Waals surface area contributed by atoms with Crippen LogP contribution in [0.25, 0.3) is 0 Å². The first kappa shape index (κ1) is 14.3. The van der Waals surface area contributed by atoms with Gasteiger partial charge < -0.3 is 16.2 Å². The van der Waals surface area contributed by atoms with Gasteiger partial charge in [-0.25, -0.2) is 9.78 Å². The molecule has 108 valence electrons. The quantitative estimate of drug-likeness (QED) is 0.753. The van der Waals surface area contributed by atoms with Gasteiger partial charge >= 0.3 is 5.97 Å². The highest BCUT2D eigenvalue weighted by molar-refractivity contribution is 5.98. The summed E-state index contributed by atoms with van der Waals surface area (Å²) in [6.45, 7) is 3.33. The van der Waals surface area contributed by atoms with Gasteiger partial charge in [0.05, 0.1) is 5.56 Å². The summed E-state index contributed by atoms with van der Waals surface area (Å²) in [5, 5.41) is 12.2. The number of nitrogens with two attached hydrogens (primary N) is 1. The molecule has 0 fully saturated rings. The van der Waals surface area contributed by atoms with Gasteiger partial charge in [-0.15, -0.1) is 0 Å². The molecule has 1 heterocycles. The number of carboxylic acids is 1. The molecule has 0 radical (unpaired) electrons. The molecule has 1 unspecified atom stereocenters. The summed E-state index contributed by atoms with van der Waals surface area (Å²) >= 11 is 0. The third-order valence-corrected chi connectivity index (χ3v) is 3.89. The highest BCUT2D eigenvalue weighted by atomic mass is 16.4. The van der Waals surface area contributed by atoms with E-state index in [0.717, 1.165) is 30.5 Å². The largest absolute Gasteiger partial charge is 0.480 e. The van der Waals surface area contributed by atoms with E-state index < -0.39 is 17.4 Å². The summed E-state index contributed by atoms with van der Waals surface area (Å²) in [6, 6.07) is 1.73. The normalized spacial score (nSPS) is 16.3. The van der Waals surface area contributed by atoms with Crippen molar-refractivity contribution in [2.24, 2.45) is 5.73 Å². The molecule has 0 saturated heterocycles. The Morgan fingerprint density at radius 2 is 2.20 bits per heavy atom. The van der Waals surface area contributed by atoms with Gasteiger partial charge in [-0.05, 0) is 44.2 Å². The number of carbonyl (C=O) groups is 2. The molecular formula is C14H19N3O3. The Labute approximate surface area is 117 Å². The Balaban J connectivity index is 2.45. The second-order valence-corrected chi connectivity index (χ2v) is 5.32. The average Bonchev–Trinajstić information content (AvgIpc) is 2.84. The topological polar surface area (TPSA) is 105 Å². The molecule has 2 rings (SSSR count). The zero-order valence-electron chi connectivity index (χ0n) is 11.7. The Kier molecular flexibility index (Phi) is 3.65. The number of hydrogen-bond acceptors (Lipinski definition) is 4. The molecule has 0 saturated carbocycles. The van der Waals surface area contributed by atoms with Crippen molar-refractivity contribution in [2.45, 2.75) is 45.1 Å². The van der Waals surface area contributed by atoms with Gasteiger partial charge in [0.1, 0.15) is 11.4 Å². The number of fused-ring (bicyclic) bond motifs is 1. The van der Waals surface area contributed by atoms with E-state index in [2.05, 4.69) is 10.3 Å². The maximum atomic E-state index is 11.6. The first-order valence-electron chi connectivity index (χ1n) is 6.71. The van der Waals surface area contributed by atoms with E-state index in [-0.39, 0.29) is 11.4 Å². The number of nitrogens with zero attached hydrogens (tertiary/aromatic N) is 1. The first-order chi connectivity index (χ1) is 9.37. The van der Waals surface area contributed by atoms with Crippen LogP contribution in [0.15, 0.2) is 6.07 Å². The zero-order chi connectivity index (χ0) is 14.9. The number of carbonyl (C=O) groups excluding carboxylic acids is 1. The van der Waals surface area contributed by atoms with E-state index in [1.54, 1.807) is 19.9 Å². The molecule has 0 spiro atoms. The molecule has 6 nitrogen and oxygen atoms in total. The molecule has 0 aromatic carbocycles. The predicted octanol–water partition coefficient (Wildman–Crippen LogP) is 1.33. The monoisotopic (exact) mass is 277 g/mol. The Bertz CT molecular complexity index is 571.